The van der Waals surface area contributed by atoms with Crippen LogP contribution in [0.5, 0.6) is 17.2 Å². The second kappa shape index (κ2) is 15.8. The number of hydrogen-bond donors (Lipinski definition) is 2. The standard InChI is InChI=1S/C41H40N4O7/c1-26(46)52-36-11-6-5-9-30(36)22-35-40(48)43-34(41(49)44(35)2)21-28-8-7-10-31(20-28)39(47)42-33-14-12-27(13-15-33)16-18-45-19-17-29-23-37(50-3)38(51-4)24-32(29)25-45/h5-15,20-24H,16-19,25H2,1-4H3,(H,42,47)(H,43,48)/b34-21-,35-22-. The third-order valence-corrected chi connectivity index (χ3v) is 9.03. The van der Waals surface area contributed by atoms with Crippen LogP contribution in [0.25, 0.3) is 12.2 Å². The number of aromatic nitrogens is 2. The minimum absolute atomic E-state index is 0.0554. The summed E-state index contributed by atoms with van der Waals surface area (Å²) in [4.78, 5) is 56.2. The Morgan fingerprint density at radius 3 is 2.33 bits per heavy atom. The van der Waals surface area contributed by atoms with E-state index in [0.717, 1.165) is 44.0 Å². The number of anilines is 1. The number of carbonyl (C=O) groups excluding carboxylic acids is 2. The highest BCUT2D eigenvalue weighted by molar-refractivity contribution is 6.04. The van der Waals surface area contributed by atoms with Crippen LogP contribution in [0.4, 0.5) is 5.69 Å². The Bertz CT molecular complexity index is 2380. The van der Waals surface area contributed by atoms with Crippen LogP contribution in [-0.4, -0.2) is 53.6 Å². The number of methoxy groups -OCH3 is 2. The predicted octanol–water partition coefficient (Wildman–Crippen LogP) is 3.53. The molecule has 0 bridgehead atoms. The average Bonchev–Trinajstić information content (AvgIpc) is 3.15. The number of para-hydroxylation sites is 1. The first-order chi connectivity index (χ1) is 25.1. The van der Waals surface area contributed by atoms with E-state index in [4.69, 9.17) is 14.2 Å². The Morgan fingerprint density at radius 1 is 0.865 bits per heavy atom. The Morgan fingerprint density at radius 2 is 1.60 bits per heavy atom. The van der Waals surface area contributed by atoms with Crippen LogP contribution in [0, 0.1) is 0 Å². The third kappa shape index (κ3) is 8.22. The minimum atomic E-state index is -0.508. The number of nitrogens with zero attached hydrogens (tertiary/aromatic N) is 2. The molecule has 6 rings (SSSR count). The number of fused-ring (bicyclic) bond motifs is 1. The van der Waals surface area contributed by atoms with Crippen LogP contribution in [0.1, 0.15) is 45.1 Å². The Balaban J connectivity index is 1.11. The fourth-order valence-corrected chi connectivity index (χ4v) is 6.25. The number of benzene rings is 4. The molecule has 0 saturated heterocycles. The highest BCUT2D eigenvalue weighted by Gasteiger charge is 2.19. The molecule has 266 valence electrons. The predicted molar refractivity (Wildman–Crippen MR) is 200 cm³/mol. The van der Waals surface area contributed by atoms with E-state index in [9.17, 15) is 19.2 Å². The van der Waals surface area contributed by atoms with E-state index in [1.54, 1.807) is 62.8 Å². The molecule has 5 aromatic rings. The van der Waals surface area contributed by atoms with Crippen molar-refractivity contribution < 1.29 is 23.8 Å². The molecule has 2 heterocycles. The summed E-state index contributed by atoms with van der Waals surface area (Å²) in [5.74, 6) is 0.970. The summed E-state index contributed by atoms with van der Waals surface area (Å²) in [6.07, 6.45) is 4.84. The molecule has 0 unspecified atom stereocenters. The van der Waals surface area contributed by atoms with Crippen LogP contribution in [0.15, 0.2) is 94.5 Å². The van der Waals surface area contributed by atoms with Crippen LogP contribution < -0.4 is 41.3 Å². The zero-order valence-electron chi connectivity index (χ0n) is 29.5. The van der Waals surface area contributed by atoms with Gasteiger partial charge in [0, 0.05) is 50.4 Å². The minimum Gasteiger partial charge on any atom is -0.493 e. The summed E-state index contributed by atoms with van der Waals surface area (Å²) in [5, 5.41) is 3.08. The molecule has 4 aromatic carbocycles. The molecular weight excluding hydrogens is 660 g/mol. The molecule has 11 nitrogen and oxygen atoms in total. The number of esters is 1. The molecule has 0 fully saturated rings. The smallest absolute Gasteiger partial charge is 0.308 e. The largest absolute Gasteiger partial charge is 0.493 e. The lowest BCUT2D eigenvalue weighted by Crippen LogP contribution is -2.52. The van der Waals surface area contributed by atoms with Gasteiger partial charge in [0.15, 0.2) is 11.5 Å². The van der Waals surface area contributed by atoms with Crippen molar-refractivity contribution in [2.24, 2.45) is 7.05 Å². The molecule has 0 spiro atoms. The molecule has 1 aliphatic heterocycles. The molecule has 1 amide bonds. The maximum atomic E-state index is 13.3. The SMILES string of the molecule is COc1cc2c(cc1OC)CN(CCc1ccc(NC(=O)c3cccc(/C=c4\[nH]c(=O)/c(=C/c5ccccc5OC(C)=O)n(C)c4=O)c3)cc1)CC2. The first kappa shape index (κ1) is 35.6. The van der Waals surface area contributed by atoms with Crippen LogP contribution in [-0.2, 0) is 31.2 Å². The van der Waals surface area contributed by atoms with Gasteiger partial charge in [-0.1, -0.05) is 42.5 Å². The molecule has 2 N–H and O–H groups in total. The fourth-order valence-electron chi connectivity index (χ4n) is 6.25. The molecular formula is C41H40N4O7. The van der Waals surface area contributed by atoms with E-state index < -0.39 is 17.1 Å². The van der Waals surface area contributed by atoms with E-state index in [0.29, 0.717) is 22.4 Å². The van der Waals surface area contributed by atoms with Crippen LogP contribution in [0.2, 0.25) is 0 Å². The normalized spacial score (nSPS) is 13.4. The number of aromatic amines is 1. The van der Waals surface area contributed by atoms with Gasteiger partial charge in [0.2, 0.25) is 0 Å². The van der Waals surface area contributed by atoms with Crippen molar-refractivity contribution in [1.82, 2.24) is 14.5 Å². The van der Waals surface area contributed by atoms with Crippen LogP contribution in [0.3, 0.4) is 0 Å². The number of carbonyl (C=O) groups is 2. The lowest BCUT2D eigenvalue weighted by atomic mass is 9.98. The summed E-state index contributed by atoms with van der Waals surface area (Å²) < 4.78 is 17.4. The number of ether oxygens (including phenoxy) is 3. The van der Waals surface area contributed by atoms with Gasteiger partial charge >= 0.3 is 5.97 Å². The number of H-pyrrole nitrogens is 1. The van der Waals surface area contributed by atoms with E-state index in [-0.39, 0.29) is 22.4 Å². The Hall–Kier alpha value is -6.20. The van der Waals surface area contributed by atoms with Gasteiger partial charge < -0.3 is 29.1 Å². The zero-order valence-corrected chi connectivity index (χ0v) is 29.5. The summed E-state index contributed by atoms with van der Waals surface area (Å²) in [6, 6.07) is 25.5. The van der Waals surface area contributed by atoms with E-state index in [1.165, 1.54) is 47.4 Å². The van der Waals surface area contributed by atoms with E-state index in [1.807, 2.05) is 24.3 Å². The summed E-state index contributed by atoms with van der Waals surface area (Å²) >= 11 is 0. The van der Waals surface area contributed by atoms with Crippen molar-refractivity contribution in [3.05, 3.63) is 150 Å². The van der Waals surface area contributed by atoms with Gasteiger partial charge in [-0.25, -0.2) is 0 Å². The van der Waals surface area contributed by atoms with Gasteiger partial charge in [-0.15, -0.1) is 0 Å². The second-order valence-corrected chi connectivity index (χ2v) is 12.6. The number of amides is 1. The van der Waals surface area contributed by atoms with Crippen molar-refractivity contribution in [1.29, 1.82) is 0 Å². The second-order valence-electron chi connectivity index (χ2n) is 12.6. The van der Waals surface area contributed by atoms with Crippen molar-refractivity contribution in [2.75, 3.05) is 32.6 Å². The van der Waals surface area contributed by atoms with Crippen molar-refractivity contribution in [3.63, 3.8) is 0 Å². The molecule has 0 atom stereocenters. The maximum Gasteiger partial charge on any atom is 0.308 e. The van der Waals surface area contributed by atoms with Gasteiger partial charge in [0.05, 0.1) is 14.2 Å². The van der Waals surface area contributed by atoms with Gasteiger partial charge in [-0.05, 0) is 89.7 Å². The molecule has 0 saturated carbocycles. The number of hydrogen-bond acceptors (Lipinski definition) is 8. The number of rotatable bonds is 10. The third-order valence-electron chi connectivity index (χ3n) is 9.03. The van der Waals surface area contributed by atoms with Crippen molar-refractivity contribution in [3.8, 4) is 17.2 Å². The molecule has 1 aromatic heterocycles. The fraction of sp³-hybridized carbons (Fsp3) is 0.220. The highest BCUT2D eigenvalue weighted by atomic mass is 16.5. The topological polar surface area (TPSA) is 132 Å². The van der Waals surface area contributed by atoms with E-state index in [2.05, 4.69) is 27.3 Å². The zero-order chi connectivity index (χ0) is 36.8. The lowest BCUT2D eigenvalue weighted by Gasteiger charge is -2.29. The molecule has 0 aliphatic carbocycles. The highest BCUT2D eigenvalue weighted by Crippen LogP contribution is 2.33. The van der Waals surface area contributed by atoms with Crippen molar-refractivity contribution >= 4 is 29.7 Å². The molecule has 11 heteroatoms. The lowest BCUT2D eigenvalue weighted by molar-refractivity contribution is -0.131. The Kier molecular flexibility index (Phi) is 10.8. The average molecular weight is 701 g/mol. The first-order valence-corrected chi connectivity index (χ1v) is 16.9. The molecule has 52 heavy (non-hydrogen) atoms. The van der Waals surface area contributed by atoms with Gasteiger partial charge in [0.1, 0.15) is 16.4 Å². The van der Waals surface area contributed by atoms with Crippen LogP contribution >= 0.6 is 0 Å². The summed E-state index contributed by atoms with van der Waals surface area (Å²) in [6.45, 7) is 4.01. The van der Waals surface area contributed by atoms with Gasteiger partial charge in [0.25, 0.3) is 17.0 Å². The summed E-state index contributed by atoms with van der Waals surface area (Å²) in [7, 11) is 4.80. The Labute approximate surface area is 300 Å². The monoisotopic (exact) mass is 700 g/mol. The maximum absolute atomic E-state index is 13.3. The first-order valence-electron chi connectivity index (χ1n) is 16.9. The number of nitrogens with one attached hydrogen (secondary N) is 2. The quantitative estimate of drug-likeness (QED) is 0.167. The van der Waals surface area contributed by atoms with E-state index >= 15 is 0 Å². The molecule has 1 aliphatic rings. The van der Waals surface area contributed by atoms with Gasteiger partial charge in [-0.2, -0.15) is 0 Å². The molecule has 0 radical (unpaired) electrons. The van der Waals surface area contributed by atoms with Crippen molar-refractivity contribution in [2.45, 2.75) is 26.3 Å². The van der Waals surface area contributed by atoms with Gasteiger partial charge in [-0.3, -0.25) is 24.1 Å². The summed E-state index contributed by atoms with van der Waals surface area (Å²) in [5.41, 5.74) is 4.85.